The molecule has 4 heteroatoms. The van der Waals surface area contributed by atoms with Crippen molar-refractivity contribution >= 4 is 16.7 Å². The zero-order chi connectivity index (χ0) is 28.3. The molecule has 2 aromatic heterocycles. The third-order valence-corrected chi connectivity index (χ3v) is 8.65. The molecular weight excluding hydrogens is 490 g/mol. The van der Waals surface area contributed by atoms with Crippen molar-refractivity contribution in [2.24, 2.45) is 0 Å². The van der Waals surface area contributed by atoms with Gasteiger partial charge in [-0.2, -0.15) is 0 Å². The molecule has 0 aliphatic carbocycles. The number of furan rings is 1. The maximum absolute atomic E-state index is 6.30. The molecule has 0 fully saturated rings. The highest BCUT2D eigenvalue weighted by Crippen LogP contribution is 2.45. The quantitative estimate of drug-likeness (QED) is 0.237. The molecule has 0 saturated heterocycles. The Morgan fingerprint density at radius 2 is 1.65 bits per heavy atom. The van der Waals surface area contributed by atoms with Crippen LogP contribution in [0.3, 0.4) is 0 Å². The summed E-state index contributed by atoms with van der Waals surface area (Å²) in [5, 5.41) is 5.22. The maximum atomic E-state index is 6.30. The van der Waals surface area contributed by atoms with Gasteiger partial charge in [0, 0.05) is 23.7 Å². The molecule has 40 heavy (non-hydrogen) atoms. The Bertz CT molecular complexity index is 1690. The van der Waals surface area contributed by atoms with Crippen LogP contribution in [0.25, 0.3) is 22.2 Å². The molecule has 6 rings (SSSR count). The standard InChI is InChI=1S/C36H41N3O/c1-9-30-33(27-13-10-11-16-31(27)40-30)29-19-39-24(8)28-18-22(6)17-23(7)32(28)35(36(39)37-29)38-34-25(20(2)3)14-12-15-26(34)21(4)5/h10-21,24,35,38H,9H2,1-8H3. The van der Waals surface area contributed by atoms with Gasteiger partial charge in [0.2, 0.25) is 0 Å². The maximum Gasteiger partial charge on any atom is 0.137 e. The summed E-state index contributed by atoms with van der Waals surface area (Å²) >= 11 is 0. The predicted octanol–water partition coefficient (Wildman–Crippen LogP) is 9.85. The van der Waals surface area contributed by atoms with E-state index in [1.165, 1.54) is 39.1 Å². The van der Waals surface area contributed by atoms with Gasteiger partial charge in [-0.3, -0.25) is 0 Å². The SMILES string of the molecule is CCc1oc2ccccc2c1-c1cn2c(n1)C(Nc1c(C(C)C)cccc1C(C)C)c1c(C)cc(C)cc1C2C. The van der Waals surface area contributed by atoms with Gasteiger partial charge in [0.1, 0.15) is 23.2 Å². The highest BCUT2D eigenvalue weighted by atomic mass is 16.3. The number of hydrogen-bond acceptors (Lipinski definition) is 3. The molecule has 0 spiro atoms. The van der Waals surface area contributed by atoms with Gasteiger partial charge in [-0.1, -0.05) is 88.7 Å². The van der Waals surface area contributed by atoms with E-state index >= 15 is 0 Å². The summed E-state index contributed by atoms with van der Waals surface area (Å²) in [5.74, 6) is 2.86. The molecule has 0 amide bonds. The van der Waals surface area contributed by atoms with Crippen LogP contribution < -0.4 is 5.32 Å². The Hall–Kier alpha value is -3.79. The first kappa shape index (κ1) is 26.4. The van der Waals surface area contributed by atoms with Gasteiger partial charge in [0.15, 0.2) is 0 Å². The molecule has 1 aliphatic rings. The minimum absolute atomic E-state index is 0.0683. The summed E-state index contributed by atoms with van der Waals surface area (Å²) in [5.41, 5.74) is 12.3. The number of nitrogens with zero attached hydrogens (tertiary/aromatic N) is 2. The monoisotopic (exact) mass is 531 g/mol. The summed E-state index contributed by atoms with van der Waals surface area (Å²) in [6, 6.07) is 19.9. The zero-order valence-electron chi connectivity index (χ0n) is 25.1. The highest BCUT2D eigenvalue weighted by molar-refractivity contribution is 5.94. The number of imidazole rings is 1. The number of aryl methyl sites for hydroxylation is 3. The summed E-state index contributed by atoms with van der Waals surface area (Å²) in [6.07, 6.45) is 3.07. The molecule has 2 atom stereocenters. The normalized spacial score (nSPS) is 16.6. The first-order valence-electron chi connectivity index (χ1n) is 14.8. The number of para-hydroxylation sites is 2. The van der Waals surface area contributed by atoms with E-state index in [9.17, 15) is 0 Å². The molecule has 4 nitrogen and oxygen atoms in total. The lowest BCUT2D eigenvalue weighted by atomic mass is 9.85. The van der Waals surface area contributed by atoms with Crippen LogP contribution in [-0.4, -0.2) is 9.55 Å². The first-order chi connectivity index (χ1) is 19.2. The number of anilines is 1. The third kappa shape index (κ3) is 4.16. The molecule has 0 bridgehead atoms. The second kappa shape index (κ2) is 9.99. The van der Waals surface area contributed by atoms with Crippen LogP contribution in [-0.2, 0) is 6.42 Å². The van der Waals surface area contributed by atoms with E-state index in [0.29, 0.717) is 11.8 Å². The molecule has 2 unspecified atom stereocenters. The summed E-state index contributed by atoms with van der Waals surface area (Å²) in [6.45, 7) is 18.0. The van der Waals surface area contributed by atoms with E-state index in [1.807, 2.05) is 6.07 Å². The fourth-order valence-electron chi connectivity index (χ4n) is 6.71. The van der Waals surface area contributed by atoms with E-state index in [4.69, 9.17) is 9.40 Å². The van der Waals surface area contributed by atoms with Crippen LogP contribution in [0.5, 0.6) is 0 Å². The van der Waals surface area contributed by atoms with Crippen molar-refractivity contribution in [3.05, 3.63) is 106 Å². The Kier molecular flexibility index (Phi) is 6.60. The number of rotatable bonds is 6. The van der Waals surface area contributed by atoms with E-state index < -0.39 is 0 Å². The van der Waals surface area contributed by atoms with Crippen molar-refractivity contribution < 1.29 is 4.42 Å². The lowest BCUT2D eigenvalue weighted by molar-refractivity contribution is 0.549. The summed E-state index contributed by atoms with van der Waals surface area (Å²) in [7, 11) is 0. The molecule has 0 radical (unpaired) electrons. The van der Waals surface area contributed by atoms with Crippen LogP contribution in [0.2, 0.25) is 0 Å². The van der Waals surface area contributed by atoms with Gasteiger partial charge >= 0.3 is 0 Å². The van der Waals surface area contributed by atoms with E-state index in [1.54, 1.807) is 0 Å². The lowest BCUT2D eigenvalue weighted by Gasteiger charge is -2.35. The summed E-state index contributed by atoms with van der Waals surface area (Å²) < 4.78 is 8.69. The van der Waals surface area contributed by atoms with Crippen molar-refractivity contribution in [3.63, 3.8) is 0 Å². The summed E-state index contributed by atoms with van der Waals surface area (Å²) in [4.78, 5) is 5.43. The van der Waals surface area contributed by atoms with Gasteiger partial charge in [-0.05, 0) is 66.5 Å². The fourth-order valence-corrected chi connectivity index (χ4v) is 6.71. The third-order valence-electron chi connectivity index (χ3n) is 8.65. The lowest BCUT2D eigenvalue weighted by Crippen LogP contribution is -2.28. The Morgan fingerprint density at radius 1 is 0.950 bits per heavy atom. The molecule has 5 aromatic rings. The highest BCUT2D eigenvalue weighted by Gasteiger charge is 2.35. The van der Waals surface area contributed by atoms with Crippen LogP contribution in [0.1, 0.15) is 110 Å². The number of fused-ring (bicyclic) bond motifs is 3. The van der Waals surface area contributed by atoms with Crippen molar-refractivity contribution in [3.8, 4) is 11.3 Å². The molecule has 0 saturated carbocycles. The topological polar surface area (TPSA) is 43.0 Å². The molecule has 3 heterocycles. The molecule has 206 valence electrons. The van der Waals surface area contributed by atoms with Gasteiger partial charge < -0.3 is 14.3 Å². The predicted molar refractivity (Wildman–Crippen MR) is 167 cm³/mol. The number of hydrogen-bond donors (Lipinski definition) is 1. The Labute approximate surface area is 238 Å². The number of benzene rings is 3. The van der Waals surface area contributed by atoms with E-state index in [-0.39, 0.29) is 12.1 Å². The van der Waals surface area contributed by atoms with Gasteiger partial charge in [0.05, 0.1) is 17.3 Å². The Balaban J connectivity index is 1.60. The average Bonchev–Trinajstić information content (AvgIpc) is 3.52. The minimum atomic E-state index is -0.0683. The largest absolute Gasteiger partial charge is 0.460 e. The number of aromatic nitrogens is 2. The minimum Gasteiger partial charge on any atom is -0.460 e. The molecular formula is C36H41N3O. The second-order valence-electron chi connectivity index (χ2n) is 12.1. The number of nitrogens with one attached hydrogen (secondary N) is 1. The first-order valence-corrected chi connectivity index (χ1v) is 14.8. The van der Waals surface area contributed by atoms with Crippen LogP contribution in [0.15, 0.2) is 65.2 Å². The molecule has 3 aromatic carbocycles. The van der Waals surface area contributed by atoms with E-state index in [0.717, 1.165) is 40.2 Å². The van der Waals surface area contributed by atoms with Gasteiger partial charge in [-0.25, -0.2) is 4.98 Å². The van der Waals surface area contributed by atoms with Crippen molar-refractivity contribution in [1.29, 1.82) is 0 Å². The van der Waals surface area contributed by atoms with Crippen molar-refractivity contribution in [2.75, 3.05) is 5.32 Å². The van der Waals surface area contributed by atoms with Gasteiger partial charge in [-0.15, -0.1) is 0 Å². The zero-order valence-corrected chi connectivity index (χ0v) is 25.1. The smallest absolute Gasteiger partial charge is 0.137 e. The average molecular weight is 532 g/mol. The van der Waals surface area contributed by atoms with Crippen LogP contribution in [0, 0.1) is 13.8 Å². The van der Waals surface area contributed by atoms with Crippen LogP contribution >= 0.6 is 0 Å². The fraction of sp³-hybridized carbons (Fsp3) is 0.361. The Morgan fingerprint density at radius 3 is 2.33 bits per heavy atom. The second-order valence-corrected chi connectivity index (χ2v) is 12.1. The van der Waals surface area contributed by atoms with Gasteiger partial charge in [0.25, 0.3) is 0 Å². The van der Waals surface area contributed by atoms with Crippen molar-refractivity contribution in [2.45, 2.75) is 85.7 Å². The molecule has 1 aliphatic heterocycles. The molecule has 1 N–H and O–H groups in total. The van der Waals surface area contributed by atoms with E-state index in [2.05, 4.69) is 120 Å². The van der Waals surface area contributed by atoms with Crippen molar-refractivity contribution in [1.82, 2.24) is 9.55 Å². The van der Waals surface area contributed by atoms with Crippen LogP contribution in [0.4, 0.5) is 5.69 Å².